The van der Waals surface area contributed by atoms with Crippen LogP contribution in [0.4, 0.5) is 0 Å². The molecule has 0 bridgehead atoms. The fourth-order valence-corrected chi connectivity index (χ4v) is 3.57. The highest BCUT2D eigenvalue weighted by molar-refractivity contribution is 6.34. The number of hydrogen-bond donors (Lipinski definition) is 1. The quantitative estimate of drug-likeness (QED) is 0.530. The Morgan fingerprint density at radius 3 is 2.50 bits per heavy atom. The topological polar surface area (TPSA) is 81.2 Å². The van der Waals surface area contributed by atoms with E-state index >= 15 is 0 Å². The van der Waals surface area contributed by atoms with Gasteiger partial charge in [-0.25, -0.2) is 4.68 Å². The van der Waals surface area contributed by atoms with Crippen molar-refractivity contribution >= 4 is 34.3 Å². The molecule has 30 heavy (non-hydrogen) atoms. The van der Waals surface area contributed by atoms with Crippen molar-refractivity contribution in [2.45, 2.75) is 6.54 Å². The zero-order valence-electron chi connectivity index (χ0n) is 16.2. The van der Waals surface area contributed by atoms with Crippen molar-refractivity contribution in [3.63, 3.8) is 0 Å². The van der Waals surface area contributed by atoms with Crippen molar-refractivity contribution in [3.8, 4) is 5.69 Å². The third kappa shape index (κ3) is 3.77. The first-order valence-electron chi connectivity index (χ1n) is 9.31. The van der Waals surface area contributed by atoms with Gasteiger partial charge in [0.2, 0.25) is 5.91 Å². The number of nitrogens with two attached hydrogens (primary N) is 1. The zero-order valence-corrected chi connectivity index (χ0v) is 17.0. The second kappa shape index (κ2) is 8.00. The maximum Gasteiger partial charge on any atom is 0.255 e. The predicted molar refractivity (Wildman–Crippen MR) is 117 cm³/mol. The molecule has 0 aliphatic rings. The molecular weight excluding hydrogens is 400 g/mol. The second-order valence-corrected chi connectivity index (χ2v) is 7.41. The van der Waals surface area contributed by atoms with E-state index in [0.717, 1.165) is 22.2 Å². The predicted octanol–water partition coefficient (Wildman–Crippen LogP) is 4.05. The standard InChI is InChI=1S/C23H19ClN4O2/c1-27(14-15-6-8-16(9-7-15)22(25)29)23(30)19-11-10-18(12-20(19)24)28-21-5-3-2-4-17(21)13-26-28/h2-13H,14H2,1H3,(H2,25,29). The highest BCUT2D eigenvalue weighted by Crippen LogP contribution is 2.24. The van der Waals surface area contributed by atoms with E-state index < -0.39 is 5.91 Å². The van der Waals surface area contributed by atoms with Crippen molar-refractivity contribution in [2.75, 3.05) is 7.05 Å². The van der Waals surface area contributed by atoms with E-state index in [1.54, 1.807) is 59.2 Å². The summed E-state index contributed by atoms with van der Waals surface area (Å²) >= 11 is 6.46. The molecule has 7 heteroatoms. The van der Waals surface area contributed by atoms with Gasteiger partial charge in [-0.15, -0.1) is 0 Å². The molecule has 1 heterocycles. The summed E-state index contributed by atoms with van der Waals surface area (Å²) in [6.45, 7) is 0.375. The molecule has 0 saturated carbocycles. The number of benzene rings is 3. The first-order chi connectivity index (χ1) is 14.4. The lowest BCUT2D eigenvalue weighted by Crippen LogP contribution is -2.26. The molecule has 0 spiro atoms. The minimum atomic E-state index is -0.484. The van der Waals surface area contributed by atoms with Crippen LogP contribution in [0.2, 0.25) is 5.02 Å². The Morgan fingerprint density at radius 1 is 1.07 bits per heavy atom. The number of amides is 2. The Balaban J connectivity index is 1.55. The van der Waals surface area contributed by atoms with E-state index in [9.17, 15) is 9.59 Å². The van der Waals surface area contributed by atoms with Crippen LogP contribution in [0.1, 0.15) is 26.3 Å². The minimum absolute atomic E-state index is 0.198. The third-order valence-electron chi connectivity index (χ3n) is 4.91. The highest BCUT2D eigenvalue weighted by atomic mass is 35.5. The molecule has 0 aliphatic carbocycles. The summed E-state index contributed by atoms with van der Waals surface area (Å²) in [6, 6.07) is 20.0. The third-order valence-corrected chi connectivity index (χ3v) is 5.22. The number of nitrogens with zero attached hydrogens (tertiary/aromatic N) is 3. The van der Waals surface area contributed by atoms with E-state index in [4.69, 9.17) is 17.3 Å². The molecule has 0 unspecified atom stereocenters. The Bertz CT molecular complexity index is 1250. The molecule has 150 valence electrons. The van der Waals surface area contributed by atoms with Crippen LogP contribution >= 0.6 is 11.6 Å². The molecule has 2 N–H and O–H groups in total. The average molecular weight is 419 g/mol. The summed E-state index contributed by atoms with van der Waals surface area (Å²) < 4.78 is 1.79. The van der Waals surface area contributed by atoms with Gasteiger partial charge in [-0.05, 0) is 42.0 Å². The summed E-state index contributed by atoms with van der Waals surface area (Å²) in [6.07, 6.45) is 1.79. The van der Waals surface area contributed by atoms with E-state index in [2.05, 4.69) is 5.10 Å². The van der Waals surface area contributed by atoms with Gasteiger partial charge < -0.3 is 10.6 Å². The summed E-state index contributed by atoms with van der Waals surface area (Å²) in [5, 5.41) is 5.80. The number of rotatable bonds is 5. The fourth-order valence-electron chi connectivity index (χ4n) is 3.31. The Labute approximate surface area is 178 Å². The number of halogens is 1. The van der Waals surface area contributed by atoms with Crippen molar-refractivity contribution in [3.05, 3.63) is 94.6 Å². The van der Waals surface area contributed by atoms with Gasteiger partial charge in [-0.3, -0.25) is 9.59 Å². The number of hydrogen-bond acceptors (Lipinski definition) is 3. The van der Waals surface area contributed by atoms with Crippen LogP contribution in [-0.2, 0) is 6.54 Å². The van der Waals surface area contributed by atoms with E-state index in [-0.39, 0.29) is 5.91 Å². The smallest absolute Gasteiger partial charge is 0.255 e. The molecule has 0 saturated heterocycles. The van der Waals surface area contributed by atoms with Gasteiger partial charge in [-0.1, -0.05) is 41.9 Å². The monoisotopic (exact) mass is 418 g/mol. The van der Waals surface area contributed by atoms with Crippen molar-refractivity contribution < 1.29 is 9.59 Å². The molecule has 4 rings (SSSR count). The van der Waals surface area contributed by atoms with E-state index in [1.165, 1.54) is 0 Å². The summed E-state index contributed by atoms with van der Waals surface area (Å²) in [5.74, 6) is -0.682. The molecule has 0 atom stereocenters. The molecule has 3 aromatic carbocycles. The van der Waals surface area contributed by atoms with Gasteiger partial charge in [0.25, 0.3) is 5.91 Å². The number of aromatic nitrogens is 2. The number of para-hydroxylation sites is 1. The minimum Gasteiger partial charge on any atom is -0.366 e. The summed E-state index contributed by atoms with van der Waals surface area (Å²) in [5.41, 5.74) is 8.72. The fraction of sp³-hybridized carbons (Fsp3) is 0.0870. The molecule has 4 aromatic rings. The lowest BCUT2D eigenvalue weighted by atomic mass is 10.1. The first-order valence-corrected chi connectivity index (χ1v) is 9.69. The highest BCUT2D eigenvalue weighted by Gasteiger charge is 2.17. The molecule has 2 amide bonds. The Hall–Kier alpha value is -3.64. The van der Waals surface area contributed by atoms with Crippen LogP contribution in [-0.4, -0.2) is 33.5 Å². The van der Waals surface area contributed by atoms with Gasteiger partial charge in [0.1, 0.15) is 0 Å². The van der Waals surface area contributed by atoms with Crippen LogP contribution in [0.15, 0.2) is 72.9 Å². The lowest BCUT2D eigenvalue weighted by molar-refractivity contribution is 0.0785. The summed E-state index contributed by atoms with van der Waals surface area (Å²) in [4.78, 5) is 25.7. The number of fused-ring (bicyclic) bond motifs is 1. The number of carbonyl (C=O) groups excluding carboxylic acids is 2. The zero-order chi connectivity index (χ0) is 21.3. The van der Waals surface area contributed by atoms with Crippen molar-refractivity contribution in [1.29, 1.82) is 0 Å². The lowest BCUT2D eigenvalue weighted by Gasteiger charge is -2.18. The van der Waals surface area contributed by atoms with Crippen LogP contribution < -0.4 is 5.73 Å². The van der Waals surface area contributed by atoms with Crippen LogP contribution in [0.5, 0.6) is 0 Å². The molecule has 0 aliphatic heterocycles. The maximum atomic E-state index is 12.9. The van der Waals surface area contributed by atoms with E-state index in [1.807, 2.05) is 30.3 Å². The molecule has 6 nitrogen and oxygen atoms in total. The SMILES string of the molecule is CN(Cc1ccc(C(N)=O)cc1)C(=O)c1ccc(-n2ncc3ccccc32)cc1Cl. The molecule has 0 radical (unpaired) electrons. The Kier molecular flexibility index (Phi) is 5.25. The van der Waals surface area contributed by atoms with E-state index in [0.29, 0.717) is 22.7 Å². The average Bonchev–Trinajstić information content (AvgIpc) is 3.17. The second-order valence-electron chi connectivity index (χ2n) is 7.00. The first kappa shape index (κ1) is 19.7. The number of carbonyl (C=O) groups is 2. The van der Waals surface area contributed by atoms with Crippen LogP contribution in [0.3, 0.4) is 0 Å². The number of primary amides is 1. The van der Waals surface area contributed by atoms with Crippen molar-refractivity contribution in [1.82, 2.24) is 14.7 Å². The summed E-state index contributed by atoms with van der Waals surface area (Å²) in [7, 11) is 1.70. The normalized spacial score (nSPS) is 10.9. The molecule has 0 fully saturated rings. The molecule has 1 aromatic heterocycles. The van der Waals surface area contributed by atoms with Gasteiger partial charge in [0.15, 0.2) is 0 Å². The largest absolute Gasteiger partial charge is 0.366 e. The van der Waals surface area contributed by atoms with Crippen molar-refractivity contribution in [2.24, 2.45) is 5.73 Å². The Morgan fingerprint density at radius 2 is 1.80 bits per heavy atom. The van der Waals surface area contributed by atoms with Crippen LogP contribution in [0.25, 0.3) is 16.6 Å². The van der Waals surface area contributed by atoms with Gasteiger partial charge in [0.05, 0.1) is 28.0 Å². The molecular formula is C23H19ClN4O2. The van der Waals surface area contributed by atoms with Gasteiger partial charge >= 0.3 is 0 Å². The van der Waals surface area contributed by atoms with Gasteiger partial charge in [-0.2, -0.15) is 5.10 Å². The van der Waals surface area contributed by atoms with Crippen LogP contribution in [0, 0.1) is 0 Å². The maximum absolute atomic E-state index is 12.9. The van der Waals surface area contributed by atoms with Gasteiger partial charge in [0, 0.05) is 24.5 Å².